The minimum atomic E-state index is -0.0902. The fraction of sp³-hybridized carbons (Fsp3) is 0.545. The average molecular weight is 235 g/mol. The van der Waals surface area contributed by atoms with Crippen LogP contribution in [-0.2, 0) is 11.3 Å². The van der Waals surface area contributed by atoms with Gasteiger partial charge in [-0.2, -0.15) is 10.4 Å². The normalized spacial score (nSPS) is 11.8. The lowest BCUT2D eigenvalue weighted by Crippen LogP contribution is -2.40. The van der Waals surface area contributed by atoms with Crippen LogP contribution in [0.25, 0.3) is 0 Å². The van der Waals surface area contributed by atoms with Crippen molar-refractivity contribution in [2.45, 2.75) is 25.9 Å². The van der Waals surface area contributed by atoms with E-state index in [9.17, 15) is 4.79 Å². The number of carbonyl (C=O) groups excluding carboxylic acids is 1. The van der Waals surface area contributed by atoms with Crippen molar-refractivity contribution in [3.63, 3.8) is 0 Å². The van der Waals surface area contributed by atoms with Crippen molar-refractivity contribution in [2.24, 2.45) is 0 Å². The third-order valence-corrected chi connectivity index (χ3v) is 2.19. The van der Waals surface area contributed by atoms with Gasteiger partial charge in [-0.25, -0.2) is 0 Å². The van der Waals surface area contributed by atoms with E-state index in [-0.39, 0.29) is 18.5 Å². The average Bonchev–Trinajstić information content (AvgIpc) is 2.79. The minimum Gasteiger partial charge on any atom is -0.354 e. The van der Waals surface area contributed by atoms with Crippen LogP contribution in [0, 0.1) is 11.3 Å². The molecule has 6 heteroatoms. The van der Waals surface area contributed by atoms with Crippen LogP contribution in [0.4, 0.5) is 0 Å². The predicted octanol–water partition coefficient (Wildman–Crippen LogP) is -0.109. The summed E-state index contributed by atoms with van der Waals surface area (Å²) in [6.07, 6.45) is 3.95. The van der Waals surface area contributed by atoms with Crippen molar-refractivity contribution in [2.75, 3.05) is 13.1 Å². The number of hydrogen-bond donors (Lipinski definition) is 2. The van der Waals surface area contributed by atoms with Crippen molar-refractivity contribution in [1.82, 2.24) is 20.4 Å². The van der Waals surface area contributed by atoms with Crippen LogP contribution >= 0.6 is 0 Å². The Morgan fingerprint density at radius 3 is 3.12 bits per heavy atom. The van der Waals surface area contributed by atoms with Crippen LogP contribution in [-0.4, -0.2) is 34.8 Å². The lowest BCUT2D eigenvalue weighted by atomic mass is 10.3. The number of nitrogens with one attached hydrogen (secondary N) is 2. The Morgan fingerprint density at radius 1 is 1.65 bits per heavy atom. The van der Waals surface area contributed by atoms with Gasteiger partial charge in [0.1, 0.15) is 0 Å². The maximum atomic E-state index is 11.3. The number of nitriles is 1. The van der Waals surface area contributed by atoms with Gasteiger partial charge in [-0.15, -0.1) is 0 Å². The summed E-state index contributed by atoms with van der Waals surface area (Å²) in [5.74, 6) is -0.0902. The minimum absolute atomic E-state index is 0.0902. The van der Waals surface area contributed by atoms with Crippen molar-refractivity contribution >= 4 is 5.91 Å². The van der Waals surface area contributed by atoms with Gasteiger partial charge in [0.25, 0.3) is 0 Å². The number of amides is 1. The molecule has 0 aliphatic carbocycles. The third kappa shape index (κ3) is 5.68. The van der Waals surface area contributed by atoms with E-state index in [1.165, 1.54) is 0 Å². The van der Waals surface area contributed by atoms with Gasteiger partial charge in [-0.05, 0) is 13.0 Å². The van der Waals surface area contributed by atoms with E-state index in [4.69, 9.17) is 5.26 Å². The molecule has 0 aromatic carbocycles. The molecule has 0 unspecified atom stereocenters. The van der Waals surface area contributed by atoms with Crippen LogP contribution in [0.5, 0.6) is 0 Å². The Morgan fingerprint density at radius 2 is 2.47 bits per heavy atom. The summed E-state index contributed by atoms with van der Waals surface area (Å²) < 4.78 is 1.81. The molecule has 0 saturated heterocycles. The van der Waals surface area contributed by atoms with Gasteiger partial charge in [0.05, 0.1) is 25.6 Å². The number of hydrogen-bond acceptors (Lipinski definition) is 4. The van der Waals surface area contributed by atoms with E-state index in [1.807, 2.05) is 29.9 Å². The maximum absolute atomic E-state index is 11.3. The summed E-state index contributed by atoms with van der Waals surface area (Å²) in [6, 6.07) is 4.00. The molecule has 1 rings (SSSR count). The first-order valence-electron chi connectivity index (χ1n) is 5.57. The zero-order valence-corrected chi connectivity index (χ0v) is 9.89. The highest BCUT2D eigenvalue weighted by Gasteiger charge is 2.05. The first-order valence-corrected chi connectivity index (χ1v) is 5.57. The van der Waals surface area contributed by atoms with E-state index < -0.39 is 0 Å². The smallest absolute Gasteiger partial charge is 0.234 e. The van der Waals surface area contributed by atoms with Crippen molar-refractivity contribution in [3.8, 4) is 6.07 Å². The topological polar surface area (TPSA) is 82.7 Å². The lowest BCUT2D eigenvalue weighted by Gasteiger charge is -2.13. The van der Waals surface area contributed by atoms with E-state index in [1.54, 1.807) is 6.20 Å². The molecule has 6 nitrogen and oxygen atoms in total. The number of aromatic nitrogens is 2. The van der Waals surface area contributed by atoms with Gasteiger partial charge < -0.3 is 10.6 Å². The molecule has 17 heavy (non-hydrogen) atoms. The largest absolute Gasteiger partial charge is 0.354 e. The highest BCUT2D eigenvalue weighted by Crippen LogP contribution is 1.89. The Hall–Kier alpha value is -1.87. The Balaban J connectivity index is 2.13. The molecule has 0 fully saturated rings. The SMILES string of the molecule is C[C@@H](Cn1cccn1)NCC(=O)NCCC#N. The van der Waals surface area contributed by atoms with Gasteiger partial charge in [0, 0.05) is 25.0 Å². The highest BCUT2D eigenvalue weighted by molar-refractivity contribution is 5.77. The summed E-state index contributed by atoms with van der Waals surface area (Å²) >= 11 is 0. The van der Waals surface area contributed by atoms with E-state index in [0.717, 1.165) is 6.54 Å². The first-order chi connectivity index (χ1) is 8.22. The second-order valence-electron chi connectivity index (χ2n) is 3.77. The summed E-state index contributed by atoms with van der Waals surface area (Å²) in [5.41, 5.74) is 0. The van der Waals surface area contributed by atoms with Crippen molar-refractivity contribution in [3.05, 3.63) is 18.5 Å². The molecule has 0 saturated carbocycles. The number of carbonyl (C=O) groups is 1. The quantitative estimate of drug-likeness (QED) is 0.646. The second kappa shape index (κ2) is 7.41. The van der Waals surface area contributed by atoms with Crippen LogP contribution in [0.1, 0.15) is 13.3 Å². The molecule has 1 heterocycles. The lowest BCUT2D eigenvalue weighted by molar-refractivity contribution is -0.120. The summed E-state index contributed by atoms with van der Waals surface area (Å²) in [6.45, 7) is 3.38. The summed E-state index contributed by atoms with van der Waals surface area (Å²) in [4.78, 5) is 11.3. The molecule has 0 spiro atoms. The van der Waals surface area contributed by atoms with Crippen molar-refractivity contribution in [1.29, 1.82) is 5.26 Å². The van der Waals surface area contributed by atoms with Gasteiger partial charge in [0.2, 0.25) is 5.91 Å². The Bertz CT molecular complexity index is 368. The molecule has 0 aliphatic rings. The maximum Gasteiger partial charge on any atom is 0.234 e. The van der Waals surface area contributed by atoms with Crippen LogP contribution in [0.15, 0.2) is 18.5 Å². The van der Waals surface area contributed by atoms with E-state index in [2.05, 4.69) is 15.7 Å². The van der Waals surface area contributed by atoms with Crippen LogP contribution in [0.2, 0.25) is 0 Å². The summed E-state index contributed by atoms with van der Waals surface area (Å²) in [7, 11) is 0. The molecule has 2 N–H and O–H groups in total. The third-order valence-electron chi connectivity index (χ3n) is 2.19. The molecular weight excluding hydrogens is 218 g/mol. The van der Waals surface area contributed by atoms with E-state index in [0.29, 0.717) is 13.0 Å². The monoisotopic (exact) mass is 235 g/mol. The fourth-order valence-electron chi connectivity index (χ4n) is 1.34. The molecule has 1 atom stereocenters. The molecule has 0 aliphatic heterocycles. The summed E-state index contributed by atoms with van der Waals surface area (Å²) in [5, 5.41) is 18.1. The highest BCUT2D eigenvalue weighted by atomic mass is 16.1. The van der Waals surface area contributed by atoms with Gasteiger partial charge >= 0.3 is 0 Å². The van der Waals surface area contributed by atoms with Crippen molar-refractivity contribution < 1.29 is 4.79 Å². The molecule has 92 valence electrons. The fourth-order valence-corrected chi connectivity index (χ4v) is 1.34. The molecular formula is C11H17N5O. The molecule has 1 amide bonds. The van der Waals surface area contributed by atoms with Gasteiger partial charge in [-0.3, -0.25) is 9.48 Å². The second-order valence-corrected chi connectivity index (χ2v) is 3.77. The Labute approximate surface area is 101 Å². The van der Waals surface area contributed by atoms with Crippen LogP contribution < -0.4 is 10.6 Å². The predicted molar refractivity (Wildman–Crippen MR) is 62.9 cm³/mol. The van der Waals surface area contributed by atoms with Crippen LogP contribution in [0.3, 0.4) is 0 Å². The zero-order chi connectivity index (χ0) is 12.5. The number of nitrogens with zero attached hydrogens (tertiary/aromatic N) is 3. The molecule has 1 aromatic heterocycles. The first kappa shape index (κ1) is 13.2. The van der Waals surface area contributed by atoms with Gasteiger partial charge in [0.15, 0.2) is 0 Å². The number of rotatable bonds is 7. The molecule has 1 aromatic rings. The van der Waals surface area contributed by atoms with E-state index >= 15 is 0 Å². The van der Waals surface area contributed by atoms with Gasteiger partial charge in [-0.1, -0.05) is 0 Å². The molecule has 0 bridgehead atoms. The standard InChI is InChI=1S/C11H17N5O/c1-10(9-16-7-3-6-15-16)14-8-11(17)13-5-2-4-12/h3,6-7,10,14H,2,5,8-9H2,1H3,(H,13,17)/t10-/m0/s1. The Kier molecular flexibility index (Phi) is 5.75. The molecule has 0 radical (unpaired) electrons. The zero-order valence-electron chi connectivity index (χ0n) is 9.89.